The number of aromatic amines is 1. The molecule has 6 heteroatoms. The van der Waals surface area contributed by atoms with E-state index >= 15 is 0 Å². The van der Waals surface area contributed by atoms with Crippen molar-refractivity contribution >= 4 is 22.2 Å². The molecule has 0 amide bonds. The third kappa shape index (κ3) is 1.65. The average molecular weight is 317 g/mol. The van der Waals surface area contributed by atoms with Crippen LogP contribution in [0, 0.1) is 0 Å². The lowest BCUT2D eigenvalue weighted by Gasteiger charge is -2.10. The number of nitrogens with one attached hydrogen (secondary N) is 1. The first-order valence-corrected chi connectivity index (χ1v) is 7.76. The Morgan fingerprint density at radius 3 is 2.62 bits per heavy atom. The molecular formula is C18H13N4O2+. The van der Waals surface area contributed by atoms with Gasteiger partial charge in [0, 0.05) is 5.56 Å². The standard InChI is InChI=1S/C18H12N4O2/c23-16-15-17-21(18(24)20-16)10-14(11-6-2-1-3-7-11)22(17)13-9-5-4-8-12(13)19-15/h1-9,14H,10H2/p+1/t14-/m1/s1. The second-order valence-corrected chi connectivity index (χ2v) is 5.94. The Morgan fingerprint density at radius 2 is 1.79 bits per heavy atom. The van der Waals surface area contributed by atoms with Crippen molar-refractivity contribution in [2.75, 3.05) is 0 Å². The second-order valence-electron chi connectivity index (χ2n) is 5.94. The molecule has 0 saturated carbocycles. The van der Waals surface area contributed by atoms with Gasteiger partial charge in [0.15, 0.2) is 11.6 Å². The minimum Gasteiger partial charge on any atom is -0.267 e. The van der Waals surface area contributed by atoms with Crippen molar-refractivity contribution in [2.45, 2.75) is 12.6 Å². The summed E-state index contributed by atoms with van der Waals surface area (Å²) in [7, 11) is 0. The lowest BCUT2D eigenvalue weighted by molar-refractivity contribution is -0.656. The lowest BCUT2D eigenvalue weighted by Crippen LogP contribution is -2.40. The highest BCUT2D eigenvalue weighted by Gasteiger charge is 2.37. The van der Waals surface area contributed by atoms with Gasteiger partial charge >= 0.3 is 11.3 Å². The van der Waals surface area contributed by atoms with Crippen LogP contribution in [0.3, 0.4) is 0 Å². The van der Waals surface area contributed by atoms with Crippen molar-refractivity contribution in [3.8, 4) is 0 Å². The summed E-state index contributed by atoms with van der Waals surface area (Å²) < 4.78 is 3.66. The molecule has 6 nitrogen and oxygen atoms in total. The van der Waals surface area contributed by atoms with E-state index in [0.717, 1.165) is 16.6 Å². The van der Waals surface area contributed by atoms with E-state index in [4.69, 9.17) is 0 Å². The van der Waals surface area contributed by atoms with Crippen molar-refractivity contribution in [3.63, 3.8) is 0 Å². The number of benzene rings is 2. The van der Waals surface area contributed by atoms with Gasteiger partial charge in [-0.15, -0.1) is 0 Å². The SMILES string of the molecule is O=c1[nH]c(=O)n2c3c1nc1ccccc1[n+]3[C@@H](c1ccccc1)C2. The van der Waals surface area contributed by atoms with Gasteiger partial charge in [0.1, 0.15) is 12.1 Å². The van der Waals surface area contributed by atoms with Crippen LogP contribution >= 0.6 is 0 Å². The monoisotopic (exact) mass is 317 g/mol. The zero-order valence-corrected chi connectivity index (χ0v) is 12.6. The summed E-state index contributed by atoms with van der Waals surface area (Å²) in [6.45, 7) is 0.478. The molecule has 3 heterocycles. The maximum absolute atomic E-state index is 12.3. The first-order valence-electron chi connectivity index (χ1n) is 7.76. The van der Waals surface area contributed by atoms with E-state index in [-0.39, 0.29) is 6.04 Å². The molecule has 1 atom stereocenters. The third-order valence-corrected chi connectivity index (χ3v) is 4.60. The fourth-order valence-corrected chi connectivity index (χ4v) is 3.56. The molecule has 4 aromatic rings. The van der Waals surface area contributed by atoms with Crippen LogP contribution in [0.1, 0.15) is 11.6 Å². The minimum atomic E-state index is -0.445. The Balaban J connectivity index is 2.00. The van der Waals surface area contributed by atoms with Crippen LogP contribution in [0.5, 0.6) is 0 Å². The van der Waals surface area contributed by atoms with E-state index in [1.165, 1.54) is 0 Å². The molecule has 0 unspecified atom stereocenters. The molecule has 0 radical (unpaired) electrons. The molecule has 1 N–H and O–H groups in total. The average Bonchev–Trinajstić information content (AvgIpc) is 3.02. The van der Waals surface area contributed by atoms with Crippen molar-refractivity contribution in [1.29, 1.82) is 0 Å². The second kappa shape index (κ2) is 4.61. The van der Waals surface area contributed by atoms with E-state index < -0.39 is 11.2 Å². The van der Waals surface area contributed by atoms with E-state index in [0.29, 0.717) is 17.7 Å². The van der Waals surface area contributed by atoms with Crippen molar-refractivity contribution in [3.05, 3.63) is 81.0 Å². The maximum Gasteiger partial charge on any atom is 0.416 e. The zero-order chi connectivity index (χ0) is 16.3. The van der Waals surface area contributed by atoms with Gasteiger partial charge in [-0.3, -0.25) is 9.78 Å². The van der Waals surface area contributed by atoms with Crippen LogP contribution in [-0.4, -0.2) is 14.5 Å². The molecule has 2 aromatic heterocycles. The van der Waals surface area contributed by atoms with E-state index in [9.17, 15) is 9.59 Å². The number of hydrogen-bond acceptors (Lipinski definition) is 3. The predicted octanol–water partition coefficient (Wildman–Crippen LogP) is 1.13. The van der Waals surface area contributed by atoms with Gasteiger partial charge < -0.3 is 0 Å². The molecule has 24 heavy (non-hydrogen) atoms. The molecule has 1 aliphatic heterocycles. The van der Waals surface area contributed by atoms with Crippen LogP contribution < -0.4 is 15.8 Å². The van der Waals surface area contributed by atoms with Crippen LogP contribution in [0.2, 0.25) is 0 Å². The normalized spacial score (nSPS) is 16.1. The summed E-state index contributed by atoms with van der Waals surface area (Å²) in [5.74, 6) is 0. The molecule has 0 fully saturated rings. The number of rotatable bonds is 1. The molecule has 1 aliphatic rings. The highest BCUT2D eigenvalue weighted by atomic mass is 16.2. The highest BCUT2D eigenvalue weighted by Crippen LogP contribution is 2.24. The Hall–Kier alpha value is -3.28. The number of aromatic nitrogens is 4. The molecule has 0 aliphatic carbocycles. The quantitative estimate of drug-likeness (QED) is 0.422. The van der Waals surface area contributed by atoms with Gasteiger partial charge in [0.05, 0.1) is 0 Å². The Labute approximate surface area is 135 Å². The van der Waals surface area contributed by atoms with Gasteiger partial charge in [-0.05, 0) is 12.1 Å². The topological polar surface area (TPSA) is 71.6 Å². The van der Waals surface area contributed by atoms with Gasteiger partial charge in [-0.2, -0.15) is 4.57 Å². The van der Waals surface area contributed by atoms with Crippen LogP contribution in [0.4, 0.5) is 0 Å². The summed E-state index contributed by atoms with van der Waals surface area (Å²) >= 11 is 0. The number of hydrogen-bond donors (Lipinski definition) is 1. The van der Waals surface area contributed by atoms with Gasteiger partial charge in [0.2, 0.25) is 5.52 Å². The smallest absolute Gasteiger partial charge is 0.267 e. The summed E-state index contributed by atoms with van der Waals surface area (Å²) in [6, 6.07) is 17.6. The molecule has 0 spiro atoms. The summed E-state index contributed by atoms with van der Waals surface area (Å²) in [5, 5.41) is 0. The van der Waals surface area contributed by atoms with Crippen LogP contribution in [-0.2, 0) is 6.54 Å². The summed E-state index contributed by atoms with van der Waals surface area (Å²) in [4.78, 5) is 31.4. The summed E-state index contributed by atoms with van der Waals surface area (Å²) in [5.41, 5.74) is 2.79. The number of para-hydroxylation sites is 2. The van der Waals surface area contributed by atoms with Crippen molar-refractivity contribution < 1.29 is 4.57 Å². The minimum absolute atomic E-state index is 0.0514. The van der Waals surface area contributed by atoms with E-state index in [2.05, 4.69) is 14.5 Å². The molecule has 116 valence electrons. The molecule has 5 rings (SSSR count). The van der Waals surface area contributed by atoms with Crippen LogP contribution in [0.15, 0.2) is 64.2 Å². The predicted molar refractivity (Wildman–Crippen MR) is 88.9 cm³/mol. The fourth-order valence-electron chi connectivity index (χ4n) is 3.56. The van der Waals surface area contributed by atoms with E-state index in [1.54, 1.807) is 4.57 Å². The molecule has 0 saturated heterocycles. The number of nitrogens with zero attached hydrogens (tertiary/aromatic N) is 3. The Kier molecular flexibility index (Phi) is 2.53. The first-order chi connectivity index (χ1) is 11.7. The van der Waals surface area contributed by atoms with Gasteiger partial charge in [-0.25, -0.2) is 14.3 Å². The van der Waals surface area contributed by atoms with Crippen molar-refractivity contribution in [2.24, 2.45) is 0 Å². The number of fused-ring (bicyclic) bond motifs is 2. The first kappa shape index (κ1) is 13.2. The maximum atomic E-state index is 12.3. The Bertz CT molecular complexity index is 1220. The Morgan fingerprint density at radius 1 is 1.04 bits per heavy atom. The fraction of sp³-hybridized carbons (Fsp3) is 0.111. The van der Waals surface area contributed by atoms with Crippen molar-refractivity contribution in [1.82, 2.24) is 14.5 Å². The lowest BCUT2D eigenvalue weighted by atomic mass is 10.1. The largest absolute Gasteiger partial charge is 0.416 e. The zero-order valence-electron chi connectivity index (χ0n) is 12.6. The highest BCUT2D eigenvalue weighted by molar-refractivity contribution is 5.79. The summed E-state index contributed by atoms with van der Waals surface area (Å²) in [6.07, 6.45) is 0. The molecular weight excluding hydrogens is 304 g/mol. The van der Waals surface area contributed by atoms with Gasteiger partial charge in [-0.1, -0.05) is 42.5 Å². The van der Waals surface area contributed by atoms with Gasteiger partial charge in [0.25, 0.3) is 5.56 Å². The van der Waals surface area contributed by atoms with Crippen LogP contribution in [0.25, 0.3) is 22.2 Å². The molecule has 0 bridgehead atoms. The third-order valence-electron chi connectivity index (χ3n) is 4.60. The van der Waals surface area contributed by atoms with E-state index in [1.807, 2.05) is 54.6 Å². The number of H-pyrrole nitrogens is 1. The molecule has 2 aromatic carbocycles.